The molecule has 0 radical (unpaired) electrons. The first-order valence-corrected chi connectivity index (χ1v) is 19.5. The van der Waals surface area contributed by atoms with Crippen molar-refractivity contribution in [2.45, 2.75) is 63.2 Å². The number of unbranched alkanes of at least 4 members (excludes halogenated alkanes) is 4. The van der Waals surface area contributed by atoms with Crippen LogP contribution in [0.2, 0.25) is 0 Å². The fraction of sp³-hybridized carbons (Fsp3) is 0.378. The third-order valence-electron chi connectivity index (χ3n) is 10.5. The average Bonchev–Trinajstić information content (AvgIpc) is 3.22. The number of hydrogen-bond donors (Lipinski definition) is 5. The van der Waals surface area contributed by atoms with Crippen molar-refractivity contribution in [3.05, 3.63) is 142 Å². The van der Waals surface area contributed by atoms with E-state index in [1.165, 1.54) is 17.7 Å². The molecule has 4 aromatic carbocycles. The van der Waals surface area contributed by atoms with Gasteiger partial charge in [0.2, 0.25) is 11.2 Å². The van der Waals surface area contributed by atoms with Crippen molar-refractivity contribution in [2.24, 2.45) is 5.92 Å². The molecule has 5 aromatic rings. The van der Waals surface area contributed by atoms with Gasteiger partial charge in [0.1, 0.15) is 11.5 Å². The number of carbonyl (C=O) groups excluding carboxylic acids is 1. The Labute approximate surface area is 322 Å². The molecule has 0 saturated carbocycles. The number of likely N-dealkylation sites (tertiary alicyclic amines) is 1. The molecule has 1 aliphatic heterocycles. The number of phenolic OH excluding ortho intramolecular Hbond substituents is 1. The van der Waals surface area contributed by atoms with Crippen LogP contribution in [-0.4, -0.2) is 70.6 Å². The minimum atomic E-state index is -1.98. The Kier molecular flexibility index (Phi) is 14.1. The third-order valence-corrected chi connectivity index (χ3v) is 10.5. The Morgan fingerprint density at radius 3 is 2.35 bits per heavy atom. The summed E-state index contributed by atoms with van der Waals surface area (Å²) in [5.41, 5.74) is 0.841. The van der Waals surface area contributed by atoms with Gasteiger partial charge in [-0.1, -0.05) is 98.1 Å². The number of pyridine rings is 1. The van der Waals surface area contributed by atoms with Gasteiger partial charge in [-0.25, -0.2) is 4.79 Å². The molecule has 1 saturated heterocycles. The summed E-state index contributed by atoms with van der Waals surface area (Å²) in [5, 5.41) is 36.8. The smallest absolute Gasteiger partial charge is 0.347 e. The Hall–Kier alpha value is -5.00. The van der Waals surface area contributed by atoms with Gasteiger partial charge < -0.3 is 35.1 Å². The number of esters is 1. The van der Waals surface area contributed by atoms with Crippen LogP contribution >= 0.6 is 0 Å². The van der Waals surface area contributed by atoms with Crippen molar-refractivity contribution in [3.63, 3.8) is 0 Å². The van der Waals surface area contributed by atoms with Crippen LogP contribution in [0.4, 0.5) is 0 Å². The standard InChI is InChI=1S/C45H53N3O7/c49-40-21-19-38(39-20-22-42(51)47-43(39)40)41(50)30-46-25-10-2-1-3-11-28-54-37-18-12-17-36(29-37)45(53,35-15-8-5-9-16-35)44(52)55-32-34-23-26-48(27-24-34)31-33-13-6-4-7-14-33/h4-9,12-22,29,34,41,46,49-50,53H,1-3,10-11,23-28,30-32H2,(H,47,51). The van der Waals surface area contributed by atoms with Crippen molar-refractivity contribution in [2.75, 3.05) is 39.4 Å². The lowest BCUT2D eigenvalue weighted by molar-refractivity contribution is -0.164. The van der Waals surface area contributed by atoms with Gasteiger partial charge in [0.25, 0.3) is 0 Å². The molecule has 290 valence electrons. The number of aromatic amines is 1. The number of aliphatic hydroxyl groups excluding tert-OH is 1. The number of carbonyl (C=O) groups is 1. The summed E-state index contributed by atoms with van der Waals surface area (Å²) in [7, 11) is 0. The number of piperidine rings is 1. The predicted molar refractivity (Wildman–Crippen MR) is 214 cm³/mol. The highest BCUT2D eigenvalue weighted by Gasteiger charge is 2.42. The summed E-state index contributed by atoms with van der Waals surface area (Å²) in [5.74, 6) is 0.112. The summed E-state index contributed by atoms with van der Waals surface area (Å²) < 4.78 is 12.0. The Balaban J connectivity index is 0.916. The molecule has 10 heteroatoms. The molecular formula is C45H53N3O7. The highest BCUT2D eigenvalue weighted by molar-refractivity contribution is 5.87. The van der Waals surface area contributed by atoms with Gasteiger partial charge in [0, 0.05) is 30.1 Å². The van der Waals surface area contributed by atoms with E-state index in [1.807, 2.05) is 18.2 Å². The number of phenols is 1. The number of nitrogens with zero attached hydrogens (tertiary/aromatic N) is 1. The molecule has 55 heavy (non-hydrogen) atoms. The fourth-order valence-corrected chi connectivity index (χ4v) is 7.31. The lowest BCUT2D eigenvalue weighted by atomic mass is 9.86. The molecule has 0 amide bonds. The Morgan fingerprint density at radius 2 is 1.56 bits per heavy atom. The van der Waals surface area contributed by atoms with E-state index in [1.54, 1.807) is 54.6 Å². The molecule has 1 fully saturated rings. The predicted octanol–water partition coefficient (Wildman–Crippen LogP) is 6.58. The van der Waals surface area contributed by atoms with E-state index in [0.717, 1.165) is 71.1 Å². The molecule has 1 aromatic heterocycles. The minimum Gasteiger partial charge on any atom is -0.506 e. The van der Waals surface area contributed by atoms with Crippen LogP contribution in [-0.2, 0) is 21.7 Å². The molecule has 0 aliphatic carbocycles. The van der Waals surface area contributed by atoms with Gasteiger partial charge in [0.15, 0.2) is 0 Å². The zero-order valence-electron chi connectivity index (χ0n) is 31.4. The van der Waals surface area contributed by atoms with Gasteiger partial charge in [0.05, 0.1) is 24.8 Å². The zero-order chi connectivity index (χ0) is 38.5. The summed E-state index contributed by atoms with van der Waals surface area (Å²) in [6, 6.07) is 32.7. The van der Waals surface area contributed by atoms with Crippen molar-refractivity contribution < 1.29 is 29.6 Å². The Morgan fingerprint density at radius 1 is 0.855 bits per heavy atom. The lowest BCUT2D eigenvalue weighted by Gasteiger charge is -2.33. The van der Waals surface area contributed by atoms with E-state index >= 15 is 0 Å². The second kappa shape index (κ2) is 19.5. The number of rotatable bonds is 19. The third kappa shape index (κ3) is 10.6. The second-order valence-corrected chi connectivity index (χ2v) is 14.5. The molecule has 0 bridgehead atoms. The lowest BCUT2D eigenvalue weighted by Crippen LogP contribution is -2.40. The van der Waals surface area contributed by atoms with Gasteiger partial charge in [-0.3, -0.25) is 9.69 Å². The number of H-pyrrole nitrogens is 1. The summed E-state index contributed by atoms with van der Waals surface area (Å²) in [6.45, 7) is 4.69. The number of hydrogen-bond acceptors (Lipinski definition) is 9. The number of aromatic nitrogens is 1. The molecular weight excluding hydrogens is 695 g/mol. The SMILES string of the molecule is O=C(OCC1CCN(Cc2ccccc2)CC1)C(O)(c1ccccc1)c1cccc(OCCCCCCCNCC(O)c2ccc(O)c3[nH]c(=O)ccc23)c1. The molecule has 1 aliphatic rings. The highest BCUT2D eigenvalue weighted by atomic mass is 16.5. The first kappa shape index (κ1) is 39.7. The van der Waals surface area contributed by atoms with Gasteiger partial charge in [-0.05, 0) is 92.2 Å². The van der Waals surface area contributed by atoms with Crippen LogP contribution in [0, 0.1) is 5.92 Å². The van der Waals surface area contributed by atoms with Gasteiger partial charge >= 0.3 is 5.97 Å². The number of aromatic hydroxyl groups is 1. The van der Waals surface area contributed by atoms with E-state index in [2.05, 4.69) is 39.5 Å². The van der Waals surface area contributed by atoms with Gasteiger partial charge in [-0.15, -0.1) is 0 Å². The number of fused-ring (bicyclic) bond motifs is 1. The molecule has 2 heterocycles. The van der Waals surface area contributed by atoms with Crippen molar-refractivity contribution in [1.29, 1.82) is 0 Å². The van der Waals surface area contributed by atoms with Crippen molar-refractivity contribution >= 4 is 16.9 Å². The number of benzene rings is 4. The normalized spacial score (nSPS) is 15.4. The topological polar surface area (TPSA) is 144 Å². The summed E-state index contributed by atoms with van der Waals surface area (Å²) >= 11 is 0. The van der Waals surface area contributed by atoms with Crippen LogP contribution in [0.25, 0.3) is 10.9 Å². The maximum atomic E-state index is 13.8. The zero-order valence-corrected chi connectivity index (χ0v) is 31.4. The van der Waals surface area contributed by atoms with Gasteiger partial charge in [-0.2, -0.15) is 0 Å². The maximum absolute atomic E-state index is 13.8. The summed E-state index contributed by atoms with van der Waals surface area (Å²) in [6.07, 6.45) is 5.96. The number of aliphatic hydroxyl groups is 2. The fourth-order valence-electron chi connectivity index (χ4n) is 7.31. The minimum absolute atomic E-state index is 0.0278. The molecule has 5 N–H and O–H groups in total. The molecule has 2 unspecified atom stereocenters. The first-order chi connectivity index (χ1) is 26.8. The van der Waals surface area contributed by atoms with Crippen molar-refractivity contribution in [1.82, 2.24) is 15.2 Å². The van der Waals surface area contributed by atoms with E-state index < -0.39 is 17.7 Å². The second-order valence-electron chi connectivity index (χ2n) is 14.5. The quantitative estimate of drug-likeness (QED) is 0.0468. The van der Waals surface area contributed by atoms with Crippen LogP contribution in [0.15, 0.2) is 114 Å². The van der Waals surface area contributed by atoms with E-state index in [4.69, 9.17) is 9.47 Å². The molecule has 10 nitrogen and oxygen atoms in total. The van der Waals surface area contributed by atoms with E-state index in [9.17, 15) is 24.9 Å². The maximum Gasteiger partial charge on any atom is 0.347 e. The molecule has 0 spiro atoms. The molecule has 6 rings (SSSR count). The highest BCUT2D eigenvalue weighted by Crippen LogP contribution is 2.34. The monoisotopic (exact) mass is 747 g/mol. The Bertz CT molecular complexity index is 2010. The van der Waals surface area contributed by atoms with E-state index in [-0.39, 0.29) is 23.8 Å². The number of ether oxygens (including phenoxy) is 2. The van der Waals surface area contributed by atoms with Crippen LogP contribution < -0.4 is 15.6 Å². The van der Waals surface area contributed by atoms with E-state index in [0.29, 0.717) is 46.5 Å². The van der Waals surface area contributed by atoms with Crippen LogP contribution in [0.3, 0.4) is 0 Å². The number of nitrogens with one attached hydrogen (secondary N) is 2. The average molecular weight is 748 g/mol. The molecule has 2 atom stereocenters. The van der Waals surface area contributed by atoms with Crippen LogP contribution in [0.5, 0.6) is 11.5 Å². The summed E-state index contributed by atoms with van der Waals surface area (Å²) in [4.78, 5) is 30.5. The van der Waals surface area contributed by atoms with Crippen LogP contribution in [0.1, 0.15) is 73.3 Å². The van der Waals surface area contributed by atoms with Crippen molar-refractivity contribution in [3.8, 4) is 11.5 Å². The largest absolute Gasteiger partial charge is 0.506 e. The first-order valence-electron chi connectivity index (χ1n) is 19.5.